The van der Waals surface area contributed by atoms with Crippen LogP contribution in [0.2, 0.25) is 0 Å². The summed E-state index contributed by atoms with van der Waals surface area (Å²) >= 11 is 0. The van der Waals surface area contributed by atoms with Gasteiger partial charge in [-0.05, 0) is 38.1 Å². The van der Waals surface area contributed by atoms with Crippen molar-refractivity contribution in [1.82, 2.24) is 19.9 Å². The standard InChI is InChI=1S/C27H25N5O6/c1-14-3-7-16(8-4-14)25(33)36-13-21-20(38-26(34)17-9-5-15(2)6-10-17)11-19(37-21)18-12-29-24-22(30-18)23(28)31-27(35)32-24/h3-10,12,19-21H,11,13H2,1-2H3,(H3,28,29,31,32,35)/t19-,20+,21-/m1/s1. The summed E-state index contributed by atoms with van der Waals surface area (Å²) in [6, 6.07) is 14.0. The van der Waals surface area contributed by atoms with Crippen LogP contribution in [0.3, 0.4) is 0 Å². The molecule has 1 aliphatic rings. The highest BCUT2D eigenvalue weighted by Crippen LogP contribution is 2.35. The molecule has 11 nitrogen and oxygen atoms in total. The molecule has 3 atom stereocenters. The van der Waals surface area contributed by atoms with E-state index in [1.54, 1.807) is 24.3 Å². The van der Waals surface area contributed by atoms with E-state index in [0.717, 1.165) is 11.1 Å². The molecule has 3 heterocycles. The maximum atomic E-state index is 12.9. The summed E-state index contributed by atoms with van der Waals surface area (Å²) in [4.78, 5) is 51.9. The minimum atomic E-state index is -0.757. The van der Waals surface area contributed by atoms with Gasteiger partial charge in [-0.15, -0.1) is 0 Å². The third kappa shape index (κ3) is 5.37. The van der Waals surface area contributed by atoms with Crippen molar-refractivity contribution in [3.63, 3.8) is 0 Å². The number of nitrogens with zero attached hydrogens (tertiary/aromatic N) is 3. The van der Waals surface area contributed by atoms with Gasteiger partial charge in [0.25, 0.3) is 0 Å². The van der Waals surface area contributed by atoms with Crippen molar-refractivity contribution in [2.45, 2.75) is 38.6 Å². The van der Waals surface area contributed by atoms with Gasteiger partial charge in [0, 0.05) is 6.42 Å². The Hall–Kier alpha value is -4.64. The van der Waals surface area contributed by atoms with E-state index in [1.165, 1.54) is 6.20 Å². The SMILES string of the molecule is Cc1ccc(C(=O)OC[C@H]2O[C@@H](c3cnc4[nH]c(=O)nc(N)c4n3)C[C@@H]2OC(=O)c2ccc(C)cc2)cc1. The molecule has 4 aromatic rings. The second kappa shape index (κ2) is 10.4. The van der Waals surface area contributed by atoms with Gasteiger partial charge in [0.2, 0.25) is 0 Å². The van der Waals surface area contributed by atoms with Crippen molar-refractivity contribution >= 4 is 28.9 Å². The van der Waals surface area contributed by atoms with E-state index in [9.17, 15) is 14.4 Å². The minimum absolute atomic E-state index is 0.0676. The summed E-state index contributed by atoms with van der Waals surface area (Å²) in [5.41, 5.74) is 8.86. The predicted molar refractivity (Wildman–Crippen MR) is 136 cm³/mol. The van der Waals surface area contributed by atoms with Gasteiger partial charge in [-0.25, -0.2) is 24.4 Å². The summed E-state index contributed by atoms with van der Waals surface area (Å²) < 4.78 is 17.4. The van der Waals surface area contributed by atoms with Crippen LogP contribution in [0, 0.1) is 13.8 Å². The molecule has 0 unspecified atom stereocenters. The number of hydrogen-bond acceptors (Lipinski definition) is 10. The van der Waals surface area contributed by atoms with Crippen LogP contribution < -0.4 is 11.4 Å². The Morgan fingerprint density at radius 3 is 2.29 bits per heavy atom. The first-order valence-electron chi connectivity index (χ1n) is 12.0. The molecule has 0 aliphatic carbocycles. The molecule has 0 saturated carbocycles. The third-order valence-corrected chi connectivity index (χ3v) is 6.22. The summed E-state index contributed by atoms with van der Waals surface area (Å²) in [7, 11) is 0. The van der Waals surface area contributed by atoms with Gasteiger partial charge in [0.1, 0.15) is 30.4 Å². The van der Waals surface area contributed by atoms with Crippen molar-refractivity contribution < 1.29 is 23.8 Å². The van der Waals surface area contributed by atoms with Crippen molar-refractivity contribution in [1.29, 1.82) is 0 Å². The molecule has 1 saturated heterocycles. The van der Waals surface area contributed by atoms with Crippen molar-refractivity contribution in [3.05, 3.63) is 93.2 Å². The molecule has 0 spiro atoms. The fraction of sp³-hybridized carbons (Fsp3) is 0.259. The molecular weight excluding hydrogens is 490 g/mol. The van der Waals surface area contributed by atoms with Gasteiger partial charge in [0.05, 0.1) is 23.0 Å². The molecule has 1 aliphatic heterocycles. The van der Waals surface area contributed by atoms with Gasteiger partial charge in [-0.1, -0.05) is 35.4 Å². The number of nitrogens with two attached hydrogens (primary N) is 1. The number of aromatic amines is 1. The second-order valence-electron chi connectivity index (χ2n) is 9.09. The lowest BCUT2D eigenvalue weighted by Gasteiger charge is -2.19. The molecule has 5 rings (SSSR count). The molecule has 194 valence electrons. The van der Waals surface area contributed by atoms with Crippen LogP contribution in [0.5, 0.6) is 0 Å². The van der Waals surface area contributed by atoms with Gasteiger partial charge in [-0.2, -0.15) is 4.98 Å². The highest BCUT2D eigenvalue weighted by atomic mass is 16.6. The van der Waals surface area contributed by atoms with E-state index in [-0.39, 0.29) is 30.0 Å². The van der Waals surface area contributed by atoms with E-state index in [1.807, 2.05) is 38.1 Å². The number of carbonyl (C=O) groups is 2. The first-order valence-corrected chi connectivity index (χ1v) is 12.0. The van der Waals surface area contributed by atoms with Gasteiger partial charge < -0.3 is 19.9 Å². The number of ether oxygens (including phenoxy) is 3. The Kier molecular flexibility index (Phi) is 6.84. The van der Waals surface area contributed by atoms with Gasteiger partial charge in [0.15, 0.2) is 11.5 Å². The molecule has 0 amide bonds. The lowest BCUT2D eigenvalue weighted by molar-refractivity contribution is -0.0433. The van der Waals surface area contributed by atoms with Crippen LogP contribution in [0.1, 0.15) is 50.1 Å². The fourth-order valence-electron chi connectivity index (χ4n) is 4.12. The number of hydrogen-bond donors (Lipinski definition) is 2. The smallest absolute Gasteiger partial charge is 0.348 e. The fourth-order valence-corrected chi connectivity index (χ4v) is 4.12. The molecule has 0 radical (unpaired) electrons. The summed E-state index contributed by atoms with van der Waals surface area (Å²) in [5, 5.41) is 0. The van der Waals surface area contributed by atoms with Crippen molar-refractivity contribution in [3.8, 4) is 0 Å². The summed E-state index contributed by atoms with van der Waals surface area (Å²) in [6.07, 6.45) is -0.448. The lowest BCUT2D eigenvalue weighted by atomic mass is 10.1. The summed E-state index contributed by atoms with van der Waals surface area (Å²) in [6.45, 7) is 3.70. The molecule has 3 N–H and O–H groups in total. The van der Waals surface area contributed by atoms with Crippen LogP contribution in [-0.2, 0) is 14.2 Å². The molecule has 38 heavy (non-hydrogen) atoms. The van der Waals surface area contributed by atoms with E-state index in [2.05, 4.69) is 19.9 Å². The Morgan fingerprint density at radius 2 is 1.63 bits per heavy atom. The number of fused-ring (bicyclic) bond motifs is 1. The zero-order valence-electron chi connectivity index (χ0n) is 20.7. The van der Waals surface area contributed by atoms with E-state index >= 15 is 0 Å². The monoisotopic (exact) mass is 515 g/mol. The quantitative estimate of drug-likeness (QED) is 0.366. The predicted octanol–water partition coefficient (Wildman–Crippen LogP) is 2.82. The average Bonchev–Trinajstić information content (AvgIpc) is 3.30. The Balaban J connectivity index is 1.37. The first kappa shape index (κ1) is 25.0. The minimum Gasteiger partial charge on any atom is -0.459 e. The normalized spacial score (nSPS) is 18.8. The van der Waals surface area contributed by atoms with Crippen molar-refractivity contribution in [2.24, 2.45) is 0 Å². The number of benzene rings is 2. The Morgan fingerprint density at radius 1 is 1.00 bits per heavy atom. The van der Waals surface area contributed by atoms with Crippen LogP contribution in [0.15, 0.2) is 59.5 Å². The molecule has 2 aromatic heterocycles. The maximum absolute atomic E-state index is 12.9. The maximum Gasteiger partial charge on any atom is 0.348 e. The summed E-state index contributed by atoms with van der Waals surface area (Å²) in [5.74, 6) is -1.11. The van der Waals surface area contributed by atoms with Crippen LogP contribution in [-0.4, -0.2) is 50.7 Å². The topological polar surface area (TPSA) is 159 Å². The zero-order valence-corrected chi connectivity index (χ0v) is 20.7. The van der Waals surface area contributed by atoms with Crippen LogP contribution >= 0.6 is 0 Å². The van der Waals surface area contributed by atoms with E-state index < -0.39 is 35.9 Å². The number of nitrogen functional groups attached to an aromatic ring is 1. The number of H-pyrrole nitrogens is 1. The van der Waals surface area contributed by atoms with Crippen LogP contribution in [0.25, 0.3) is 11.2 Å². The highest BCUT2D eigenvalue weighted by Gasteiger charge is 2.40. The Labute approximate surface area is 217 Å². The third-order valence-electron chi connectivity index (χ3n) is 6.22. The van der Waals surface area contributed by atoms with E-state index in [4.69, 9.17) is 19.9 Å². The average molecular weight is 516 g/mol. The Bertz CT molecular complexity index is 1550. The molecule has 11 heteroatoms. The van der Waals surface area contributed by atoms with Gasteiger partial charge in [-0.3, -0.25) is 4.98 Å². The number of carbonyl (C=O) groups excluding carboxylic acids is 2. The molecule has 0 bridgehead atoms. The molecule has 1 fully saturated rings. The largest absolute Gasteiger partial charge is 0.459 e. The number of esters is 2. The van der Waals surface area contributed by atoms with E-state index in [0.29, 0.717) is 16.8 Å². The molecular formula is C27H25N5O6. The first-order chi connectivity index (χ1) is 18.3. The van der Waals surface area contributed by atoms with Crippen LogP contribution in [0.4, 0.5) is 5.82 Å². The number of anilines is 1. The number of aromatic nitrogens is 4. The van der Waals surface area contributed by atoms with Crippen molar-refractivity contribution in [2.75, 3.05) is 12.3 Å². The zero-order chi connectivity index (χ0) is 26.8. The lowest BCUT2D eigenvalue weighted by Crippen LogP contribution is -2.32. The molecule has 2 aromatic carbocycles. The number of aryl methyl sites for hydroxylation is 2. The highest BCUT2D eigenvalue weighted by molar-refractivity contribution is 5.90. The second-order valence-corrected chi connectivity index (χ2v) is 9.09. The number of nitrogens with one attached hydrogen (secondary N) is 1. The van der Waals surface area contributed by atoms with Gasteiger partial charge >= 0.3 is 17.6 Å². The number of rotatable bonds is 6.